The molecule has 4 heteroatoms. The Labute approximate surface area is 111 Å². The van der Waals surface area contributed by atoms with Crippen LogP contribution >= 0.6 is 0 Å². The average molecular weight is 257 g/mol. The van der Waals surface area contributed by atoms with Crippen LogP contribution < -0.4 is 0 Å². The first-order chi connectivity index (χ1) is 8.48. The van der Waals surface area contributed by atoms with E-state index >= 15 is 0 Å². The third-order valence-electron chi connectivity index (χ3n) is 3.64. The number of carbonyl (C=O) groups excluding carboxylic acids is 1. The van der Waals surface area contributed by atoms with Crippen molar-refractivity contribution in [3.63, 3.8) is 0 Å². The zero-order chi connectivity index (χ0) is 13.6. The molecule has 0 saturated carbocycles. The minimum atomic E-state index is -0.195. The van der Waals surface area contributed by atoms with Crippen LogP contribution in [0.2, 0.25) is 0 Å². The van der Waals surface area contributed by atoms with E-state index < -0.39 is 0 Å². The molecule has 1 saturated heterocycles. The summed E-state index contributed by atoms with van der Waals surface area (Å²) in [6.07, 6.45) is 3.79. The molecule has 1 heterocycles. The van der Waals surface area contributed by atoms with Gasteiger partial charge in [-0.2, -0.15) is 0 Å². The predicted octanol–water partition coefficient (Wildman–Crippen LogP) is 2.22. The van der Waals surface area contributed by atoms with Crippen molar-refractivity contribution in [3.8, 4) is 0 Å². The zero-order valence-corrected chi connectivity index (χ0v) is 12.2. The average Bonchev–Trinajstić information content (AvgIpc) is 2.81. The van der Waals surface area contributed by atoms with Gasteiger partial charge >= 0.3 is 5.97 Å². The van der Waals surface area contributed by atoms with Gasteiger partial charge in [0, 0.05) is 13.2 Å². The lowest BCUT2D eigenvalue weighted by atomic mass is 9.95. The molecule has 1 unspecified atom stereocenters. The molecule has 0 aromatic carbocycles. The number of likely N-dealkylation sites (tertiary alicyclic amines) is 1. The van der Waals surface area contributed by atoms with Gasteiger partial charge in [-0.25, -0.2) is 0 Å². The summed E-state index contributed by atoms with van der Waals surface area (Å²) in [5.74, 6) is -0.0960. The Balaban J connectivity index is 2.59. The number of hydrogen-bond donors (Lipinski definition) is 0. The molecule has 18 heavy (non-hydrogen) atoms. The Hall–Kier alpha value is -0.610. The summed E-state index contributed by atoms with van der Waals surface area (Å²) in [4.78, 5) is 14.1. The molecule has 0 aromatic heterocycles. The highest BCUT2D eigenvalue weighted by atomic mass is 16.5. The Morgan fingerprint density at radius 1 is 1.33 bits per heavy atom. The Kier molecular flexibility index (Phi) is 6.09. The van der Waals surface area contributed by atoms with Gasteiger partial charge in [0.25, 0.3) is 0 Å². The van der Waals surface area contributed by atoms with Gasteiger partial charge in [-0.1, -0.05) is 0 Å². The van der Waals surface area contributed by atoms with Crippen LogP contribution in [0.3, 0.4) is 0 Å². The molecule has 106 valence electrons. The summed E-state index contributed by atoms with van der Waals surface area (Å²) < 4.78 is 10.6. The van der Waals surface area contributed by atoms with E-state index in [0.29, 0.717) is 13.0 Å². The third kappa shape index (κ3) is 4.94. The van der Waals surface area contributed by atoms with Gasteiger partial charge in [-0.3, -0.25) is 9.69 Å². The van der Waals surface area contributed by atoms with Gasteiger partial charge < -0.3 is 9.47 Å². The smallest absolute Gasteiger partial charge is 0.307 e. The molecule has 0 bridgehead atoms. The van der Waals surface area contributed by atoms with Gasteiger partial charge in [-0.15, -0.1) is 0 Å². The Morgan fingerprint density at radius 3 is 2.44 bits per heavy atom. The topological polar surface area (TPSA) is 38.8 Å². The van der Waals surface area contributed by atoms with Crippen molar-refractivity contribution < 1.29 is 14.3 Å². The quantitative estimate of drug-likeness (QED) is 0.656. The van der Waals surface area contributed by atoms with E-state index in [-0.39, 0.29) is 17.6 Å². The van der Waals surface area contributed by atoms with E-state index in [9.17, 15) is 4.79 Å². The number of hydrogen-bond acceptors (Lipinski definition) is 4. The molecule has 1 fully saturated rings. The second kappa shape index (κ2) is 7.10. The normalized spacial score (nSPS) is 18.9. The molecule has 0 radical (unpaired) electrons. The van der Waals surface area contributed by atoms with Crippen molar-refractivity contribution in [1.29, 1.82) is 0 Å². The maximum Gasteiger partial charge on any atom is 0.307 e. The summed E-state index contributed by atoms with van der Waals surface area (Å²) in [6.45, 7) is 8.62. The van der Waals surface area contributed by atoms with Crippen LogP contribution in [0.25, 0.3) is 0 Å². The number of esters is 1. The summed E-state index contributed by atoms with van der Waals surface area (Å²) in [6, 6.07) is 0.237. The van der Waals surface area contributed by atoms with Gasteiger partial charge in [0.15, 0.2) is 0 Å². The van der Waals surface area contributed by atoms with Crippen LogP contribution in [0.5, 0.6) is 0 Å². The predicted molar refractivity (Wildman–Crippen MR) is 71.6 cm³/mol. The van der Waals surface area contributed by atoms with Crippen LogP contribution in [0, 0.1) is 0 Å². The SMILES string of the molecule is CCOC(=O)CC(CC(C)(C)OC)N1CCCC1. The molecule has 0 spiro atoms. The van der Waals surface area contributed by atoms with Crippen LogP contribution in [-0.2, 0) is 14.3 Å². The highest BCUT2D eigenvalue weighted by molar-refractivity contribution is 5.70. The van der Waals surface area contributed by atoms with Crippen LogP contribution in [0.15, 0.2) is 0 Å². The fourth-order valence-corrected chi connectivity index (χ4v) is 2.50. The van der Waals surface area contributed by atoms with Crippen molar-refractivity contribution >= 4 is 5.97 Å². The third-order valence-corrected chi connectivity index (χ3v) is 3.64. The van der Waals surface area contributed by atoms with Crippen molar-refractivity contribution in [1.82, 2.24) is 4.90 Å². The molecule has 0 aromatic rings. The van der Waals surface area contributed by atoms with E-state index in [4.69, 9.17) is 9.47 Å². The highest BCUT2D eigenvalue weighted by Gasteiger charge is 2.30. The van der Waals surface area contributed by atoms with Gasteiger partial charge in [-0.05, 0) is 53.1 Å². The van der Waals surface area contributed by atoms with Crippen molar-refractivity contribution in [2.45, 2.75) is 58.1 Å². The lowest BCUT2D eigenvalue weighted by molar-refractivity contribution is -0.145. The van der Waals surface area contributed by atoms with E-state index in [1.165, 1.54) is 12.8 Å². The monoisotopic (exact) mass is 257 g/mol. The summed E-state index contributed by atoms with van der Waals surface area (Å²) >= 11 is 0. The molecule has 4 nitrogen and oxygen atoms in total. The first kappa shape index (κ1) is 15.4. The first-order valence-electron chi connectivity index (χ1n) is 6.93. The molecule has 1 aliphatic heterocycles. The van der Waals surface area contributed by atoms with Crippen molar-refractivity contribution in [2.24, 2.45) is 0 Å². The standard InChI is InChI=1S/C14H27NO3/c1-5-18-13(16)10-12(11-14(2,3)17-4)15-8-6-7-9-15/h12H,5-11H2,1-4H3. The first-order valence-corrected chi connectivity index (χ1v) is 6.93. The number of carbonyl (C=O) groups is 1. The summed E-state index contributed by atoms with van der Waals surface area (Å²) in [7, 11) is 1.73. The summed E-state index contributed by atoms with van der Waals surface area (Å²) in [5, 5.41) is 0. The molecule has 1 atom stereocenters. The van der Waals surface area contributed by atoms with Gasteiger partial charge in [0.05, 0.1) is 18.6 Å². The van der Waals surface area contributed by atoms with Crippen molar-refractivity contribution in [3.05, 3.63) is 0 Å². The number of rotatable bonds is 7. The van der Waals surface area contributed by atoms with Crippen molar-refractivity contribution in [2.75, 3.05) is 26.8 Å². The minimum absolute atomic E-state index is 0.0960. The van der Waals surface area contributed by atoms with E-state index in [1.54, 1.807) is 7.11 Å². The van der Waals surface area contributed by atoms with E-state index in [0.717, 1.165) is 19.5 Å². The zero-order valence-electron chi connectivity index (χ0n) is 12.2. The van der Waals surface area contributed by atoms with Gasteiger partial charge in [0.1, 0.15) is 0 Å². The van der Waals surface area contributed by atoms with E-state index in [2.05, 4.69) is 18.7 Å². The minimum Gasteiger partial charge on any atom is -0.466 e. The fraction of sp³-hybridized carbons (Fsp3) is 0.929. The maximum absolute atomic E-state index is 11.7. The maximum atomic E-state index is 11.7. The molecule has 0 amide bonds. The molecule has 0 aliphatic carbocycles. The Bertz CT molecular complexity index is 260. The highest BCUT2D eigenvalue weighted by Crippen LogP contribution is 2.24. The lowest BCUT2D eigenvalue weighted by Crippen LogP contribution is -2.41. The van der Waals surface area contributed by atoms with Gasteiger partial charge in [0.2, 0.25) is 0 Å². The molecule has 0 N–H and O–H groups in total. The molecular weight excluding hydrogens is 230 g/mol. The van der Waals surface area contributed by atoms with Crippen LogP contribution in [0.1, 0.15) is 46.5 Å². The van der Waals surface area contributed by atoms with E-state index in [1.807, 2.05) is 6.92 Å². The molecule has 1 rings (SSSR count). The number of nitrogens with zero attached hydrogens (tertiary/aromatic N) is 1. The largest absolute Gasteiger partial charge is 0.466 e. The lowest BCUT2D eigenvalue weighted by Gasteiger charge is -2.33. The summed E-state index contributed by atoms with van der Waals surface area (Å²) in [5.41, 5.74) is -0.195. The second-order valence-corrected chi connectivity index (χ2v) is 5.57. The fourth-order valence-electron chi connectivity index (χ4n) is 2.50. The second-order valence-electron chi connectivity index (χ2n) is 5.57. The number of ether oxygens (including phenoxy) is 2. The number of methoxy groups -OCH3 is 1. The molecule has 1 aliphatic rings. The molecular formula is C14H27NO3. The van der Waals surface area contributed by atoms with Crippen LogP contribution in [0.4, 0.5) is 0 Å². The van der Waals surface area contributed by atoms with Crippen LogP contribution in [-0.4, -0.2) is 49.3 Å². The Morgan fingerprint density at radius 2 is 1.94 bits per heavy atom.